The normalized spacial score (nSPS) is 11.5. The summed E-state index contributed by atoms with van der Waals surface area (Å²) in [6, 6.07) is 59.4. The lowest BCUT2D eigenvalue weighted by molar-refractivity contribution is -0.159. The number of fused-ring (bicyclic) bond motifs is 5. The first-order valence-corrected chi connectivity index (χ1v) is 45.8. The Labute approximate surface area is 825 Å². The predicted octanol–water partition coefficient (Wildman–Crippen LogP) is 20.6. The molecule has 9 aromatic carbocycles. The second-order valence-corrected chi connectivity index (χ2v) is 33.9. The number of H-pyrrole nitrogens is 5. The first-order chi connectivity index (χ1) is 69.5. The summed E-state index contributed by atoms with van der Waals surface area (Å²) >= 11 is 0. The van der Waals surface area contributed by atoms with Crippen molar-refractivity contribution in [2.45, 2.75) is 98.5 Å². The van der Waals surface area contributed by atoms with Crippen LogP contribution >= 0.6 is 0 Å². The third-order valence-electron chi connectivity index (χ3n) is 22.9. The summed E-state index contributed by atoms with van der Waals surface area (Å²) < 4.78 is 95.3. The van der Waals surface area contributed by atoms with Crippen LogP contribution in [0.4, 0.5) is 22.0 Å². The van der Waals surface area contributed by atoms with Crippen molar-refractivity contribution in [3.8, 4) is 86.4 Å². The Bertz CT molecular complexity index is 7750. The zero-order valence-electron chi connectivity index (χ0n) is 80.2. The van der Waals surface area contributed by atoms with E-state index < -0.39 is 23.9 Å². The number of terminal acetylenes is 1. The highest BCUT2D eigenvalue weighted by atomic mass is 19.3. The van der Waals surface area contributed by atoms with Crippen LogP contribution in [0.5, 0.6) is 28.9 Å². The minimum absolute atomic E-state index is 0.0599. The summed E-state index contributed by atoms with van der Waals surface area (Å²) in [5.74, 6) is 8.27. The van der Waals surface area contributed by atoms with E-state index in [0.717, 1.165) is 112 Å². The van der Waals surface area contributed by atoms with Crippen LogP contribution in [0.25, 0.3) is 87.9 Å². The van der Waals surface area contributed by atoms with Gasteiger partial charge in [0.25, 0.3) is 29.5 Å². The summed E-state index contributed by atoms with van der Waals surface area (Å²) in [6.07, 6.45) is 19.5. The largest absolute Gasteiger partial charge is 0.493 e. The van der Waals surface area contributed by atoms with Crippen molar-refractivity contribution >= 4 is 84.1 Å². The molecule has 5 amide bonds. The number of carbonyl (C=O) groups excluding carboxylic acids is 5. The van der Waals surface area contributed by atoms with E-state index in [1.165, 1.54) is 52.3 Å². The Morgan fingerprint density at radius 2 is 0.743 bits per heavy atom. The maximum absolute atomic E-state index is 13.7. The third kappa shape index (κ3) is 25.2. The van der Waals surface area contributed by atoms with Crippen molar-refractivity contribution in [3.05, 3.63) is 347 Å². The number of nitrogens with zero attached hydrogens (tertiary/aromatic N) is 14. The average Bonchev–Trinajstić information content (AvgIpc) is 1.04. The van der Waals surface area contributed by atoms with E-state index in [4.69, 9.17) is 30.1 Å². The lowest BCUT2D eigenvalue weighted by Gasteiger charge is -2.20. The highest BCUT2D eigenvalue weighted by Crippen LogP contribution is 2.40. The van der Waals surface area contributed by atoms with Gasteiger partial charge in [0.2, 0.25) is 5.88 Å². The molecule has 0 radical (unpaired) electrons. The quantitative estimate of drug-likeness (QED) is 0.0225. The monoisotopic (exact) mass is 1940 g/mol. The van der Waals surface area contributed by atoms with Crippen molar-refractivity contribution in [2.24, 2.45) is 0 Å². The molecule has 1 saturated carbocycles. The number of carbonyl (C=O) groups is 5. The minimum atomic E-state index is -3.49. The maximum Gasteiger partial charge on any atom is 0.394 e. The van der Waals surface area contributed by atoms with Crippen LogP contribution in [0.1, 0.15) is 138 Å². The van der Waals surface area contributed by atoms with Gasteiger partial charge in [-0.15, -0.1) is 12.3 Å². The fourth-order valence-corrected chi connectivity index (χ4v) is 15.8. The molecule has 1 fully saturated rings. The number of nitrogens with one attached hydrogen (secondary N) is 5. The summed E-state index contributed by atoms with van der Waals surface area (Å²) in [6.45, 7) is 9.69. The molecule has 9 aromatic heterocycles. The fourth-order valence-electron chi connectivity index (χ4n) is 15.8. The molecule has 5 N–H and O–H groups in total. The summed E-state index contributed by atoms with van der Waals surface area (Å²) in [5.41, 5.74) is 15.8. The Balaban J connectivity index is 0.000000136. The van der Waals surface area contributed by atoms with Crippen LogP contribution < -0.4 is 23.7 Å². The Kier molecular flexibility index (Phi) is 31.9. The van der Waals surface area contributed by atoms with Crippen LogP contribution in [-0.2, 0) is 32.7 Å². The highest BCUT2D eigenvalue weighted by molar-refractivity contribution is 5.99. The standard InChI is InChI=1S/C23H19F3N4O2.C23H20F2N4O2.C23H21N5O2.C21H21N3O2.C20H19N3O2/c1-23(25,26)32-20-9-15(6-7-19(20)14-4-3-5-18(24)8-14)22(31)30(2)13-17-11-27-10-16-12-28-29-21(16)17;1-23(24,25)31-20-10-16(8-9-19(20)15-6-4-3-5-7-15)22(30)29(2)14-18-12-26-11-17-13-27-28-21(17)18;1-28(14-17-12-24-11-16-13-25-27-21(16)17)23(29)20-10-9-19(15-5-3-2-4-6-15)22(26-20)30-18-7-8-18;1-4-7-15-10-11-16(12-19(15)26-5-2)21(25)24(3)14-18-9-6-8-17-13-22-23-20(17)18;1-4-14-9-10-15(11-18(14)25-5-2)20(24)23(3)13-17-8-6-7-16-12-21-22-19(16)17/h3-12H,13H2,1-2H3,(H,28,29);3-13H,14H2,1-2H3,(H,27,28);2-6,9-13,18H,7-8,14H2,1H3,(H,25,27);6,8-13H,5,14H2,1-3H3,(H,22,23);1,6-12H,5,13H2,2-3H3,(H,21,22). The first-order valence-electron chi connectivity index (χ1n) is 45.8. The predicted molar refractivity (Wildman–Crippen MR) is 538 cm³/mol. The van der Waals surface area contributed by atoms with Crippen molar-refractivity contribution < 1.29 is 69.6 Å². The summed E-state index contributed by atoms with van der Waals surface area (Å²) in [7, 11) is 8.54. The van der Waals surface area contributed by atoms with E-state index in [1.54, 1.807) is 204 Å². The van der Waals surface area contributed by atoms with Crippen molar-refractivity contribution in [1.82, 2.24) is 95.4 Å². The molecule has 29 nitrogen and oxygen atoms in total. The number of halogens is 5. The molecule has 34 heteroatoms. The number of alkyl halides is 4. The Hall–Kier alpha value is -18.0. The molecule has 0 unspecified atom stereocenters. The van der Waals surface area contributed by atoms with E-state index >= 15 is 0 Å². The van der Waals surface area contributed by atoms with Crippen molar-refractivity contribution in [3.63, 3.8) is 0 Å². The van der Waals surface area contributed by atoms with Gasteiger partial charge in [0.15, 0.2) is 0 Å². The maximum atomic E-state index is 13.7. The van der Waals surface area contributed by atoms with E-state index in [2.05, 4.69) is 88.7 Å². The van der Waals surface area contributed by atoms with Gasteiger partial charge in [0.05, 0.1) is 82.9 Å². The molecule has 0 aliphatic heterocycles. The first kappa shape index (κ1) is 100. The van der Waals surface area contributed by atoms with Gasteiger partial charge in [-0.25, -0.2) is 9.37 Å². The second kappa shape index (κ2) is 45.8. The molecule has 730 valence electrons. The lowest BCUT2D eigenvalue weighted by atomic mass is 10.0. The van der Waals surface area contributed by atoms with Crippen molar-refractivity contribution in [2.75, 3.05) is 48.5 Å². The lowest BCUT2D eigenvalue weighted by Crippen LogP contribution is -2.27. The zero-order chi connectivity index (χ0) is 102. The molecule has 1 aliphatic rings. The molecule has 144 heavy (non-hydrogen) atoms. The van der Waals surface area contributed by atoms with Gasteiger partial charge >= 0.3 is 12.2 Å². The number of benzene rings is 9. The summed E-state index contributed by atoms with van der Waals surface area (Å²) in [4.78, 5) is 89.8. The molecule has 1 aliphatic carbocycles. The molecule has 0 bridgehead atoms. The third-order valence-corrected chi connectivity index (χ3v) is 22.9. The molecule has 9 heterocycles. The minimum Gasteiger partial charge on any atom is -0.493 e. The second-order valence-electron chi connectivity index (χ2n) is 33.9. The van der Waals surface area contributed by atoms with Crippen LogP contribution in [0.2, 0.25) is 0 Å². The number of amides is 5. The van der Waals surface area contributed by atoms with Crippen LogP contribution in [0, 0.1) is 30.0 Å². The number of pyridine rings is 4. The van der Waals surface area contributed by atoms with Crippen LogP contribution in [0.15, 0.2) is 274 Å². The number of para-hydroxylation sites is 2. The van der Waals surface area contributed by atoms with Crippen LogP contribution in [-0.4, -0.2) is 192 Å². The number of ether oxygens (including phenoxy) is 5. The van der Waals surface area contributed by atoms with Gasteiger partial charge < -0.3 is 48.2 Å². The molecule has 0 spiro atoms. The number of rotatable bonds is 28. The summed E-state index contributed by atoms with van der Waals surface area (Å²) in [5, 5.41) is 39.5. The smallest absolute Gasteiger partial charge is 0.394 e. The molecule has 18 aromatic rings. The van der Waals surface area contributed by atoms with Gasteiger partial charge in [-0.3, -0.25) is 64.4 Å². The van der Waals surface area contributed by atoms with Crippen LogP contribution in [0.3, 0.4) is 0 Å². The van der Waals surface area contributed by atoms with E-state index in [9.17, 15) is 45.9 Å². The van der Waals surface area contributed by atoms with Gasteiger partial charge in [0.1, 0.15) is 40.6 Å². The number of aromatic amines is 5. The van der Waals surface area contributed by atoms with Crippen molar-refractivity contribution in [1.29, 1.82) is 0 Å². The average molecular weight is 1940 g/mol. The number of aromatic nitrogens is 14. The highest BCUT2D eigenvalue weighted by Gasteiger charge is 2.32. The van der Waals surface area contributed by atoms with Gasteiger partial charge in [-0.05, 0) is 158 Å². The zero-order valence-corrected chi connectivity index (χ0v) is 80.2. The molecule has 19 rings (SSSR count). The number of hydrogen-bond acceptors (Lipinski definition) is 19. The fraction of sp³-hybridized carbons (Fsp3) is 0.200. The molecule has 0 saturated heterocycles. The van der Waals surface area contributed by atoms with Gasteiger partial charge in [-0.2, -0.15) is 43.1 Å². The molecule has 0 atom stereocenters. The van der Waals surface area contributed by atoms with E-state index in [1.807, 2.05) is 98.8 Å². The van der Waals surface area contributed by atoms with Gasteiger partial charge in [-0.1, -0.05) is 121 Å². The Morgan fingerprint density at radius 1 is 0.389 bits per heavy atom. The topological polar surface area (TPSA) is 343 Å². The SMILES string of the molecule is C#Cc1ccc(C(=O)N(C)Cc2cccc3cn[nH]c23)cc1OCC.CC#Cc1ccc(C(=O)N(C)Cc2cccc3cn[nH]c23)cc1OCC.CN(Cc1cncc2cn[nH]c12)C(=O)c1ccc(-c2cccc(F)c2)c(OC(C)(F)F)c1.CN(Cc1cncc2cn[nH]c12)C(=O)c1ccc(-c2ccccc2)c(OC(C)(F)F)c1.CN(Cc1cncc2cn[nH]c12)C(=O)c1ccc(-c2ccccc2)c(OC2CC2)n1. The molecular weight excluding hydrogens is 1840 g/mol. The number of hydrogen-bond donors (Lipinski definition) is 5. The van der Waals surface area contributed by atoms with E-state index in [0.29, 0.717) is 103 Å². The Morgan fingerprint density at radius 3 is 1.15 bits per heavy atom. The molecular formula is C110H100F5N19O10. The van der Waals surface area contributed by atoms with E-state index in [-0.39, 0.29) is 71.0 Å². The van der Waals surface area contributed by atoms with Gasteiger partial charge in [0, 0.05) is 202 Å².